The van der Waals surface area contributed by atoms with E-state index in [0.29, 0.717) is 11.1 Å². The molecule has 0 atom stereocenters. The highest BCUT2D eigenvalue weighted by atomic mass is 19.4. The maximum atomic E-state index is 13.6. The van der Waals surface area contributed by atoms with Gasteiger partial charge in [0.1, 0.15) is 17.1 Å². The van der Waals surface area contributed by atoms with Crippen LogP contribution < -0.4 is 10.1 Å². The lowest BCUT2D eigenvalue weighted by Gasteiger charge is -2.35. The standard InChI is InChI=1S/C30H30F3N3O6/c1-29(2,3)42-28(40)36-14-12-35(13-15-36)27(39)24-11-10-20(19-6-4-8-22(37)16-19)17-25(24)26(38)34-21-7-5-9-23(18-21)41-30(31,32)33/h4-11,16-18,37H,12-15H2,1-3H3,(H,34,38). The number of alkyl halides is 3. The Morgan fingerprint density at radius 1 is 0.810 bits per heavy atom. The topological polar surface area (TPSA) is 108 Å². The third-order valence-corrected chi connectivity index (χ3v) is 6.22. The minimum Gasteiger partial charge on any atom is -0.508 e. The zero-order chi connectivity index (χ0) is 30.7. The second kappa shape index (κ2) is 12.0. The predicted molar refractivity (Wildman–Crippen MR) is 148 cm³/mol. The number of carbonyl (C=O) groups excluding carboxylic acids is 3. The van der Waals surface area contributed by atoms with E-state index in [0.717, 1.165) is 12.1 Å². The van der Waals surface area contributed by atoms with E-state index >= 15 is 0 Å². The number of hydrogen-bond acceptors (Lipinski definition) is 6. The molecule has 12 heteroatoms. The molecule has 1 heterocycles. The lowest BCUT2D eigenvalue weighted by Crippen LogP contribution is -2.51. The van der Waals surface area contributed by atoms with Crippen LogP contribution in [0.4, 0.5) is 23.7 Å². The Labute approximate surface area is 240 Å². The van der Waals surface area contributed by atoms with Gasteiger partial charge in [-0.25, -0.2) is 4.79 Å². The number of anilines is 1. The number of amides is 3. The first-order chi connectivity index (χ1) is 19.7. The number of benzene rings is 3. The minimum atomic E-state index is -4.91. The van der Waals surface area contributed by atoms with Crippen LogP contribution in [0.5, 0.6) is 11.5 Å². The van der Waals surface area contributed by atoms with Crippen LogP contribution in [0, 0.1) is 0 Å². The number of carbonyl (C=O) groups is 3. The summed E-state index contributed by atoms with van der Waals surface area (Å²) in [5.41, 5.74) is 0.490. The van der Waals surface area contributed by atoms with Crippen molar-refractivity contribution in [3.8, 4) is 22.6 Å². The van der Waals surface area contributed by atoms with Gasteiger partial charge in [0.25, 0.3) is 11.8 Å². The van der Waals surface area contributed by atoms with Crippen molar-refractivity contribution in [1.29, 1.82) is 0 Å². The van der Waals surface area contributed by atoms with E-state index in [1.54, 1.807) is 39.0 Å². The molecule has 0 aliphatic carbocycles. The fraction of sp³-hybridized carbons (Fsp3) is 0.300. The Morgan fingerprint density at radius 3 is 2.10 bits per heavy atom. The first-order valence-corrected chi connectivity index (χ1v) is 13.1. The number of phenols is 1. The molecule has 1 fully saturated rings. The van der Waals surface area contributed by atoms with Crippen LogP contribution in [-0.2, 0) is 4.74 Å². The number of rotatable bonds is 5. The summed E-state index contributed by atoms with van der Waals surface area (Å²) in [5.74, 6) is -1.71. The third-order valence-electron chi connectivity index (χ3n) is 6.22. The largest absolute Gasteiger partial charge is 0.573 e. The van der Waals surface area contributed by atoms with E-state index in [1.165, 1.54) is 46.2 Å². The minimum absolute atomic E-state index is 0.00277. The van der Waals surface area contributed by atoms with Crippen LogP contribution in [0.15, 0.2) is 66.7 Å². The second-order valence-corrected chi connectivity index (χ2v) is 10.6. The van der Waals surface area contributed by atoms with Gasteiger partial charge in [-0.3, -0.25) is 9.59 Å². The van der Waals surface area contributed by atoms with Gasteiger partial charge in [-0.15, -0.1) is 13.2 Å². The van der Waals surface area contributed by atoms with E-state index in [4.69, 9.17) is 4.74 Å². The summed E-state index contributed by atoms with van der Waals surface area (Å²) in [6, 6.07) is 15.7. The molecular weight excluding hydrogens is 555 g/mol. The first kappa shape index (κ1) is 30.2. The summed E-state index contributed by atoms with van der Waals surface area (Å²) in [6.45, 7) is 6.14. The number of ether oxygens (including phenoxy) is 2. The average Bonchev–Trinajstić information content (AvgIpc) is 2.91. The van der Waals surface area contributed by atoms with E-state index in [-0.39, 0.29) is 48.7 Å². The molecule has 3 amide bonds. The molecule has 42 heavy (non-hydrogen) atoms. The van der Waals surface area contributed by atoms with Crippen LogP contribution >= 0.6 is 0 Å². The third kappa shape index (κ3) is 7.93. The summed E-state index contributed by atoms with van der Waals surface area (Å²) in [7, 11) is 0. The Bertz CT molecular complexity index is 1480. The number of piperazine rings is 1. The van der Waals surface area contributed by atoms with Crippen LogP contribution in [-0.4, -0.2) is 71.0 Å². The molecule has 1 saturated heterocycles. The van der Waals surface area contributed by atoms with Crippen LogP contribution in [0.2, 0.25) is 0 Å². The first-order valence-electron chi connectivity index (χ1n) is 13.1. The molecule has 4 rings (SSSR count). The fourth-order valence-corrected chi connectivity index (χ4v) is 4.34. The molecule has 3 aromatic carbocycles. The van der Waals surface area contributed by atoms with Crippen molar-refractivity contribution in [2.75, 3.05) is 31.5 Å². The van der Waals surface area contributed by atoms with Gasteiger partial charge in [0.15, 0.2) is 0 Å². The van der Waals surface area contributed by atoms with E-state index in [9.17, 15) is 32.7 Å². The molecule has 0 bridgehead atoms. The zero-order valence-electron chi connectivity index (χ0n) is 23.2. The van der Waals surface area contributed by atoms with Gasteiger partial charge < -0.3 is 29.7 Å². The Morgan fingerprint density at radius 2 is 1.45 bits per heavy atom. The molecule has 0 radical (unpaired) electrons. The highest BCUT2D eigenvalue weighted by Gasteiger charge is 2.32. The normalized spacial score (nSPS) is 13.9. The number of halogens is 3. The quantitative estimate of drug-likeness (QED) is 0.386. The molecule has 0 aromatic heterocycles. The molecule has 2 N–H and O–H groups in total. The molecule has 0 spiro atoms. The van der Waals surface area contributed by atoms with Crippen molar-refractivity contribution in [2.45, 2.75) is 32.7 Å². The second-order valence-electron chi connectivity index (χ2n) is 10.6. The molecule has 9 nitrogen and oxygen atoms in total. The van der Waals surface area contributed by atoms with Gasteiger partial charge >= 0.3 is 12.5 Å². The SMILES string of the molecule is CC(C)(C)OC(=O)N1CCN(C(=O)c2ccc(-c3cccc(O)c3)cc2C(=O)Nc2cccc(OC(F)(F)F)c2)CC1. The molecule has 1 aliphatic rings. The Balaban J connectivity index is 1.60. The highest BCUT2D eigenvalue weighted by Crippen LogP contribution is 2.29. The van der Waals surface area contributed by atoms with Crippen molar-refractivity contribution in [3.05, 3.63) is 77.9 Å². The number of aromatic hydroxyl groups is 1. The molecule has 0 unspecified atom stereocenters. The number of nitrogens with one attached hydrogen (secondary N) is 1. The summed E-state index contributed by atoms with van der Waals surface area (Å²) in [4.78, 5) is 42.5. The van der Waals surface area contributed by atoms with Crippen LogP contribution in [0.25, 0.3) is 11.1 Å². The van der Waals surface area contributed by atoms with E-state index in [1.807, 2.05) is 0 Å². The van der Waals surface area contributed by atoms with Crippen molar-refractivity contribution in [3.63, 3.8) is 0 Å². The lowest BCUT2D eigenvalue weighted by atomic mass is 9.97. The van der Waals surface area contributed by atoms with Crippen molar-refractivity contribution >= 4 is 23.6 Å². The Hall–Kier alpha value is -4.74. The molecule has 222 valence electrons. The summed E-state index contributed by atoms with van der Waals surface area (Å²) >= 11 is 0. The molecule has 1 aliphatic heterocycles. The maximum absolute atomic E-state index is 13.6. The summed E-state index contributed by atoms with van der Waals surface area (Å²) < 4.78 is 47.4. The number of hydrogen-bond donors (Lipinski definition) is 2. The van der Waals surface area contributed by atoms with Gasteiger partial charge in [0.2, 0.25) is 0 Å². The lowest BCUT2D eigenvalue weighted by molar-refractivity contribution is -0.274. The van der Waals surface area contributed by atoms with Crippen molar-refractivity contribution < 1.29 is 42.1 Å². The zero-order valence-corrected chi connectivity index (χ0v) is 23.2. The molecule has 0 saturated carbocycles. The molecular formula is C30H30F3N3O6. The number of nitrogens with zero attached hydrogens (tertiary/aromatic N) is 2. The van der Waals surface area contributed by atoms with Crippen molar-refractivity contribution in [1.82, 2.24) is 9.80 Å². The van der Waals surface area contributed by atoms with Crippen LogP contribution in [0.1, 0.15) is 41.5 Å². The maximum Gasteiger partial charge on any atom is 0.573 e. The predicted octanol–water partition coefficient (Wildman–Crippen LogP) is 5.90. The van der Waals surface area contributed by atoms with Crippen molar-refractivity contribution in [2.24, 2.45) is 0 Å². The smallest absolute Gasteiger partial charge is 0.508 e. The van der Waals surface area contributed by atoms with Crippen LogP contribution in [0.3, 0.4) is 0 Å². The van der Waals surface area contributed by atoms with E-state index < -0.39 is 35.6 Å². The fourth-order valence-electron chi connectivity index (χ4n) is 4.34. The van der Waals surface area contributed by atoms with E-state index in [2.05, 4.69) is 10.1 Å². The summed E-state index contributed by atoms with van der Waals surface area (Å²) in [5, 5.41) is 12.5. The summed E-state index contributed by atoms with van der Waals surface area (Å²) in [6.07, 6.45) is -5.40. The van der Waals surface area contributed by atoms with Gasteiger partial charge in [0, 0.05) is 37.9 Å². The van der Waals surface area contributed by atoms with Gasteiger partial charge in [-0.2, -0.15) is 0 Å². The highest BCUT2D eigenvalue weighted by molar-refractivity contribution is 6.13. The van der Waals surface area contributed by atoms with Gasteiger partial charge in [-0.1, -0.05) is 24.3 Å². The van der Waals surface area contributed by atoms with Gasteiger partial charge in [-0.05, 0) is 68.3 Å². The monoisotopic (exact) mass is 585 g/mol. The molecule has 3 aromatic rings. The Kier molecular flexibility index (Phi) is 8.64. The average molecular weight is 586 g/mol. The number of phenolic OH excluding ortho intramolecular Hbond substituents is 1. The van der Waals surface area contributed by atoms with Gasteiger partial charge in [0.05, 0.1) is 11.1 Å².